The van der Waals surface area contributed by atoms with Gasteiger partial charge in [-0.2, -0.15) is 0 Å². The first-order valence-electron chi connectivity index (χ1n) is 5.67. The molecule has 0 spiro atoms. The fourth-order valence-electron chi connectivity index (χ4n) is 1.20. The Morgan fingerprint density at radius 1 is 1.32 bits per heavy atom. The summed E-state index contributed by atoms with van der Waals surface area (Å²) in [5, 5.41) is 18.2. The second-order valence-electron chi connectivity index (χ2n) is 3.74. The average Bonchev–Trinajstić information content (AvgIpc) is 2.77. The maximum absolute atomic E-state index is 11.8. The van der Waals surface area contributed by atoms with Crippen LogP contribution in [0, 0.1) is 0 Å². The zero-order chi connectivity index (χ0) is 14.3. The van der Waals surface area contributed by atoms with Crippen LogP contribution in [0.3, 0.4) is 0 Å². The number of hydrogen-bond acceptors (Lipinski definition) is 7. The third-order valence-electron chi connectivity index (χ3n) is 2.05. The largest absolute Gasteiger partial charge is 0.396 e. The molecule has 0 bridgehead atoms. The van der Waals surface area contributed by atoms with Crippen molar-refractivity contribution in [1.29, 1.82) is 0 Å². The lowest BCUT2D eigenvalue weighted by atomic mass is 10.2. The Kier molecular flexibility index (Phi) is 6.28. The van der Waals surface area contributed by atoms with Crippen LogP contribution in [0.15, 0.2) is 4.34 Å². The molecule has 8 nitrogen and oxygen atoms in total. The quantitative estimate of drug-likeness (QED) is 0.457. The number of hydrogen-bond donors (Lipinski definition) is 3. The van der Waals surface area contributed by atoms with Crippen molar-refractivity contribution in [1.82, 2.24) is 14.9 Å². The number of aromatic nitrogens is 2. The van der Waals surface area contributed by atoms with Gasteiger partial charge in [-0.3, -0.25) is 4.79 Å². The van der Waals surface area contributed by atoms with E-state index in [-0.39, 0.29) is 28.5 Å². The first kappa shape index (κ1) is 16.0. The SMILES string of the molecule is CC(=O)Nc1nnc(S(=O)(=O)NCCCCCO)s1. The van der Waals surface area contributed by atoms with Crippen molar-refractivity contribution in [2.75, 3.05) is 18.5 Å². The van der Waals surface area contributed by atoms with Crippen LogP contribution in [0.1, 0.15) is 26.2 Å². The van der Waals surface area contributed by atoms with E-state index in [9.17, 15) is 13.2 Å². The molecule has 1 rings (SSSR count). The van der Waals surface area contributed by atoms with E-state index >= 15 is 0 Å². The van der Waals surface area contributed by atoms with Gasteiger partial charge < -0.3 is 10.4 Å². The van der Waals surface area contributed by atoms with Crippen LogP contribution in [0.5, 0.6) is 0 Å². The van der Waals surface area contributed by atoms with Crippen LogP contribution in [0.4, 0.5) is 5.13 Å². The van der Waals surface area contributed by atoms with E-state index < -0.39 is 10.0 Å². The molecular weight excluding hydrogens is 292 g/mol. The number of unbranched alkanes of at least 4 members (excludes halogenated alkanes) is 2. The standard InChI is InChI=1S/C9H16N4O4S2/c1-7(15)11-8-12-13-9(18-8)19(16,17)10-5-3-2-4-6-14/h10,14H,2-6H2,1H3,(H,11,12,15). The minimum absolute atomic E-state index is 0.100. The monoisotopic (exact) mass is 308 g/mol. The molecule has 1 aromatic rings. The van der Waals surface area contributed by atoms with Crippen molar-refractivity contribution in [2.24, 2.45) is 0 Å². The van der Waals surface area contributed by atoms with Gasteiger partial charge in [0.25, 0.3) is 10.0 Å². The lowest BCUT2D eigenvalue weighted by Gasteiger charge is -2.02. The summed E-state index contributed by atoms with van der Waals surface area (Å²) >= 11 is 0.792. The third kappa shape index (κ3) is 5.59. The van der Waals surface area contributed by atoms with Gasteiger partial charge in [-0.1, -0.05) is 11.3 Å². The van der Waals surface area contributed by atoms with Gasteiger partial charge in [0.2, 0.25) is 15.4 Å². The van der Waals surface area contributed by atoms with E-state index in [0.29, 0.717) is 12.8 Å². The minimum Gasteiger partial charge on any atom is -0.396 e. The summed E-state index contributed by atoms with van der Waals surface area (Å²) in [6.45, 7) is 1.68. The lowest BCUT2D eigenvalue weighted by molar-refractivity contribution is -0.114. The molecule has 108 valence electrons. The number of anilines is 1. The van der Waals surface area contributed by atoms with E-state index in [2.05, 4.69) is 20.2 Å². The summed E-state index contributed by atoms with van der Waals surface area (Å²) in [5.74, 6) is -0.336. The van der Waals surface area contributed by atoms with E-state index in [0.717, 1.165) is 17.8 Å². The number of nitrogens with one attached hydrogen (secondary N) is 2. The average molecular weight is 308 g/mol. The van der Waals surface area contributed by atoms with Crippen molar-refractivity contribution in [3.8, 4) is 0 Å². The number of nitrogens with zero attached hydrogens (tertiary/aromatic N) is 2. The van der Waals surface area contributed by atoms with Crippen molar-refractivity contribution in [2.45, 2.75) is 30.5 Å². The number of aliphatic hydroxyl groups is 1. The molecule has 1 heterocycles. The van der Waals surface area contributed by atoms with Gasteiger partial charge in [-0.25, -0.2) is 13.1 Å². The topological polar surface area (TPSA) is 121 Å². The Morgan fingerprint density at radius 2 is 2.05 bits per heavy atom. The molecule has 3 N–H and O–H groups in total. The maximum atomic E-state index is 11.8. The highest BCUT2D eigenvalue weighted by Gasteiger charge is 2.19. The highest BCUT2D eigenvalue weighted by atomic mass is 32.2. The van der Waals surface area contributed by atoms with Gasteiger partial charge in [0, 0.05) is 20.1 Å². The minimum atomic E-state index is -3.68. The van der Waals surface area contributed by atoms with Crippen molar-refractivity contribution < 1.29 is 18.3 Å². The summed E-state index contributed by atoms with van der Waals surface area (Å²) in [6.07, 6.45) is 2.02. The van der Waals surface area contributed by atoms with Crippen LogP contribution in [-0.2, 0) is 14.8 Å². The van der Waals surface area contributed by atoms with Crippen LogP contribution in [0.25, 0.3) is 0 Å². The molecule has 10 heteroatoms. The molecule has 0 unspecified atom stereocenters. The first-order valence-corrected chi connectivity index (χ1v) is 7.97. The maximum Gasteiger partial charge on any atom is 0.269 e. The van der Waals surface area contributed by atoms with Crippen molar-refractivity contribution in [3.63, 3.8) is 0 Å². The molecule has 1 amide bonds. The molecule has 19 heavy (non-hydrogen) atoms. The highest BCUT2D eigenvalue weighted by Crippen LogP contribution is 2.19. The van der Waals surface area contributed by atoms with Gasteiger partial charge in [0.15, 0.2) is 0 Å². The normalized spacial score (nSPS) is 11.5. The van der Waals surface area contributed by atoms with Gasteiger partial charge >= 0.3 is 0 Å². The molecule has 0 aliphatic carbocycles. The summed E-state index contributed by atoms with van der Waals surface area (Å²) in [4.78, 5) is 10.8. The molecule has 0 aromatic carbocycles. The zero-order valence-corrected chi connectivity index (χ0v) is 12.1. The number of sulfonamides is 1. The molecule has 0 radical (unpaired) electrons. The highest BCUT2D eigenvalue weighted by molar-refractivity contribution is 7.91. The summed E-state index contributed by atoms with van der Waals surface area (Å²) in [5.41, 5.74) is 0. The van der Waals surface area contributed by atoms with E-state index in [1.54, 1.807) is 0 Å². The summed E-state index contributed by atoms with van der Waals surface area (Å²) < 4.78 is 25.8. The van der Waals surface area contributed by atoms with Crippen LogP contribution >= 0.6 is 11.3 Å². The number of aliphatic hydroxyl groups excluding tert-OH is 1. The van der Waals surface area contributed by atoms with Gasteiger partial charge in [0.1, 0.15) is 0 Å². The summed E-state index contributed by atoms with van der Waals surface area (Å²) in [6, 6.07) is 0. The Labute approximate surface area is 115 Å². The molecule has 1 aromatic heterocycles. The zero-order valence-electron chi connectivity index (χ0n) is 10.4. The lowest BCUT2D eigenvalue weighted by Crippen LogP contribution is -2.24. The Bertz CT molecular complexity index is 514. The molecule has 0 aliphatic rings. The van der Waals surface area contributed by atoms with E-state index in [4.69, 9.17) is 5.11 Å². The number of rotatable bonds is 8. The molecule has 0 aliphatic heterocycles. The second kappa shape index (κ2) is 7.48. The van der Waals surface area contributed by atoms with E-state index in [1.165, 1.54) is 6.92 Å². The fourth-order valence-corrected chi connectivity index (χ4v) is 3.26. The first-order chi connectivity index (χ1) is 8.95. The molecule has 0 saturated carbocycles. The predicted molar refractivity (Wildman–Crippen MR) is 70.3 cm³/mol. The van der Waals surface area contributed by atoms with E-state index in [1.807, 2.05) is 0 Å². The molecule has 0 fully saturated rings. The summed E-state index contributed by atoms with van der Waals surface area (Å²) in [7, 11) is -3.68. The second-order valence-corrected chi connectivity index (χ2v) is 6.65. The van der Waals surface area contributed by atoms with Crippen LogP contribution in [-0.4, -0.2) is 42.8 Å². The fraction of sp³-hybridized carbons (Fsp3) is 0.667. The Morgan fingerprint density at radius 3 is 2.68 bits per heavy atom. The van der Waals surface area contributed by atoms with Gasteiger partial charge in [0.05, 0.1) is 0 Å². The smallest absolute Gasteiger partial charge is 0.269 e. The predicted octanol–water partition coefficient (Wildman–Crippen LogP) is -0.0626. The number of amides is 1. The third-order valence-corrected chi connectivity index (χ3v) is 4.71. The van der Waals surface area contributed by atoms with Crippen LogP contribution in [0.2, 0.25) is 0 Å². The molecule has 0 atom stereocenters. The number of carbonyl (C=O) groups is 1. The molecular formula is C9H16N4O4S2. The molecule has 0 saturated heterocycles. The van der Waals surface area contributed by atoms with Crippen molar-refractivity contribution in [3.05, 3.63) is 0 Å². The number of carbonyl (C=O) groups excluding carboxylic acids is 1. The van der Waals surface area contributed by atoms with Crippen LogP contribution < -0.4 is 10.0 Å². The Hall–Kier alpha value is -1.10. The Balaban J connectivity index is 2.52. The van der Waals surface area contributed by atoms with Crippen molar-refractivity contribution >= 4 is 32.4 Å². The van der Waals surface area contributed by atoms with Gasteiger partial charge in [-0.05, 0) is 19.3 Å². The van der Waals surface area contributed by atoms with Gasteiger partial charge in [-0.15, -0.1) is 10.2 Å².